The number of thiocarbonyl (C=S) groups is 1. The molecule has 2 rings (SSSR count). The monoisotopic (exact) mass is 383 g/mol. The molecule has 1 aromatic rings. The van der Waals surface area contributed by atoms with Gasteiger partial charge in [0.25, 0.3) is 17.7 Å². The van der Waals surface area contributed by atoms with Crippen molar-refractivity contribution in [3.05, 3.63) is 28.3 Å². The average molecular weight is 384 g/mol. The molecule has 0 saturated carbocycles. The highest BCUT2D eigenvalue weighted by molar-refractivity contribution is 7.80. The third-order valence-corrected chi connectivity index (χ3v) is 3.43. The van der Waals surface area contributed by atoms with Crippen LogP contribution in [0.1, 0.15) is 12.5 Å². The molecule has 10 heteroatoms. The van der Waals surface area contributed by atoms with Gasteiger partial charge in [-0.25, -0.2) is 0 Å². The molecule has 0 aliphatic carbocycles. The number of hydrogen-bond acceptors (Lipinski definition) is 6. The summed E-state index contributed by atoms with van der Waals surface area (Å²) in [6, 6.07) is 2.98. The van der Waals surface area contributed by atoms with Crippen LogP contribution in [0.25, 0.3) is 6.08 Å². The van der Waals surface area contributed by atoms with Crippen LogP contribution in [-0.4, -0.2) is 36.0 Å². The van der Waals surface area contributed by atoms with Crippen LogP contribution >= 0.6 is 23.8 Å². The number of carbonyl (C=O) groups is 3. The molecule has 8 nitrogen and oxygen atoms in total. The number of hydrogen-bond donors (Lipinski definition) is 3. The Morgan fingerprint density at radius 2 is 1.92 bits per heavy atom. The van der Waals surface area contributed by atoms with Crippen molar-refractivity contribution in [2.75, 3.05) is 13.2 Å². The van der Waals surface area contributed by atoms with Crippen LogP contribution in [0.2, 0.25) is 5.02 Å². The van der Waals surface area contributed by atoms with Gasteiger partial charge in [-0.2, -0.15) is 0 Å². The molecule has 1 aliphatic rings. The topological polar surface area (TPSA) is 120 Å². The quantitative estimate of drug-likeness (QED) is 0.374. The predicted molar refractivity (Wildman–Crippen MR) is 94.2 cm³/mol. The smallest absolute Gasteiger partial charge is 0.263 e. The summed E-state index contributed by atoms with van der Waals surface area (Å²) in [6.07, 6.45) is 1.33. The molecule has 0 bridgehead atoms. The first-order chi connectivity index (χ1) is 11.8. The first-order valence-electron chi connectivity index (χ1n) is 7.07. The molecular formula is C15H14ClN3O5S. The molecule has 1 aliphatic heterocycles. The van der Waals surface area contributed by atoms with Gasteiger partial charge in [-0.1, -0.05) is 11.6 Å². The Morgan fingerprint density at radius 1 is 1.28 bits per heavy atom. The summed E-state index contributed by atoms with van der Waals surface area (Å²) in [5.41, 5.74) is 5.34. The van der Waals surface area contributed by atoms with Crippen molar-refractivity contribution in [2.24, 2.45) is 5.73 Å². The summed E-state index contributed by atoms with van der Waals surface area (Å²) in [5, 5.41) is 4.73. The van der Waals surface area contributed by atoms with Crippen molar-refractivity contribution in [1.29, 1.82) is 0 Å². The van der Waals surface area contributed by atoms with E-state index in [9.17, 15) is 14.4 Å². The molecular weight excluding hydrogens is 370 g/mol. The molecule has 1 aromatic carbocycles. The zero-order valence-electron chi connectivity index (χ0n) is 13.1. The maximum atomic E-state index is 11.9. The third-order valence-electron chi connectivity index (χ3n) is 2.94. The van der Waals surface area contributed by atoms with Crippen LogP contribution in [0.5, 0.6) is 11.5 Å². The lowest BCUT2D eigenvalue weighted by Crippen LogP contribution is -2.51. The van der Waals surface area contributed by atoms with Crippen LogP contribution in [0.15, 0.2) is 17.7 Å². The lowest BCUT2D eigenvalue weighted by Gasteiger charge is -2.17. The van der Waals surface area contributed by atoms with E-state index in [0.29, 0.717) is 12.2 Å². The van der Waals surface area contributed by atoms with Gasteiger partial charge in [0.2, 0.25) is 0 Å². The molecule has 1 saturated heterocycles. The van der Waals surface area contributed by atoms with E-state index in [4.69, 9.17) is 39.0 Å². The van der Waals surface area contributed by atoms with Crippen LogP contribution in [0, 0.1) is 0 Å². The van der Waals surface area contributed by atoms with E-state index < -0.39 is 17.7 Å². The van der Waals surface area contributed by atoms with E-state index in [1.807, 2.05) is 0 Å². The summed E-state index contributed by atoms with van der Waals surface area (Å²) in [6.45, 7) is 1.68. The number of ether oxygens (including phenoxy) is 2. The van der Waals surface area contributed by atoms with Gasteiger partial charge in [0.1, 0.15) is 5.57 Å². The Hall–Kier alpha value is -2.65. The molecule has 1 heterocycles. The number of benzene rings is 1. The van der Waals surface area contributed by atoms with Gasteiger partial charge in [-0.15, -0.1) is 0 Å². The first-order valence-corrected chi connectivity index (χ1v) is 7.86. The molecule has 1 fully saturated rings. The fourth-order valence-corrected chi connectivity index (χ4v) is 2.45. The molecule has 0 spiro atoms. The second-order valence-electron chi connectivity index (χ2n) is 4.81. The lowest BCUT2D eigenvalue weighted by atomic mass is 10.1. The molecule has 25 heavy (non-hydrogen) atoms. The maximum absolute atomic E-state index is 11.9. The first kappa shape index (κ1) is 18.7. The van der Waals surface area contributed by atoms with E-state index in [1.54, 1.807) is 6.92 Å². The Bertz CT molecular complexity index is 772. The van der Waals surface area contributed by atoms with Crippen molar-refractivity contribution in [1.82, 2.24) is 10.6 Å². The standard InChI is InChI=1S/C15H14ClN3O5S/c1-2-23-10-5-7(4-9(16)12(10)24-6-11(17)20)3-8-13(21)18-15(25)19-14(8)22/h3-5H,2,6H2,1H3,(H2,17,20)(H2,18,19,21,22,25). The van der Waals surface area contributed by atoms with Gasteiger partial charge in [0, 0.05) is 0 Å². The van der Waals surface area contributed by atoms with Crippen molar-refractivity contribution in [2.45, 2.75) is 6.92 Å². The Morgan fingerprint density at radius 3 is 2.48 bits per heavy atom. The number of amides is 3. The average Bonchev–Trinajstić information content (AvgIpc) is 2.50. The van der Waals surface area contributed by atoms with Crippen molar-refractivity contribution >= 4 is 52.7 Å². The molecule has 4 N–H and O–H groups in total. The van der Waals surface area contributed by atoms with Crippen LogP contribution in [0.3, 0.4) is 0 Å². The number of rotatable bonds is 6. The van der Waals surface area contributed by atoms with Gasteiger partial charge in [0.15, 0.2) is 23.2 Å². The molecule has 0 radical (unpaired) electrons. The van der Waals surface area contributed by atoms with Gasteiger partial charge < -0.3 is 15.2 Å². The summed E-state index contributed by atoms with van der Waals surface area (Å²) >= 11 is 10.9. The van der Waals surface area contributed by atoms with E-state index >= 15 is 0 Å². The molecule has 0 unspecified atom stereocenters. The predicted octanol–water partition coefficient (Wildman–Crippen LogP) is 0.517. The Labute approximate surface area is 153 Å². The number of nitrogens with one attached hydrogen (secondary N) is 2. The largest absolute Gasteiger partial charge is 0.490 e. The second-order valence-corrected chi connectivity index (χ2v) is 5.63. The lowest BCUT2D eigenvalue weighted by molar-refractivity contribution is -0.123. The highest BCUT2D eigenvalue weighted by Crippen LogP contribution is 2.37. The Balaban J connectivity index is 2.40. The highest BCUT2D eigenvalue weighted by atomic mass is 35.5. The second kappa shape index (κ2) is 7.95. The maximum Gasteiger partial charge on any atom is 0.263 e. The number of nitrogens with two attached hydrogens (primary N) is 1. The highest BCUT2D eigenvalue weighted by Gasteiger charge is 2.26. The summed E-state index contributed by atoms with van der Waals surface area (Å²) in [7, 11) is 0. The van der Waals surface area contributed by atoms with E-state index in [1.165, 1.54) is 18.2 Å². The molecule has 0 aromatic heterocycles. The van der Waals surface area contributed by atoms with E-state index in [0.717, 1.165) is 0 Å². The fourth-order valence-electron chi connectivity index (χ4n) is 1.99. The third kappa shape index (κ3) is 4.68. The number of primary amides is 1. The van der Waals surface area contributed by atoms with Gasteiger partial charge in [-0.05, 0) is 42.9 Å². The van der Waals surface area contributed by atoms with Crippen molar-refractivity contribution in [3.63, 3.8) is 0 Å². The van der Waals surface area contributed by atoms with E-state index in [2.05, 4.69) is 10.6 Å². The minimum Gasteiger partial charge on any atom is -0.490 e. The zero-order valence-corrected chi connectivity index (χ0v) is 14.6. The number of halogens is 1. The molecule has 3 amide bonds. The van der Waals surface area contributed by atoms with Crippen molar-refractivity contribution in [3.8, 4) is 11.5 Å². The van der Waals surface area contributed by atoms with Gasteiger partial charge in [-0.3, -0.25) is 25.0 Å². The zero-order chi connectivity index (χ0) is 18.6. The van der Waals surface area contributed by atoms with E-state index in [-0.39, 0.29) is 33.8 Å². The summed E-state index contributed by atoms with van der Waals surface area (Å²) < 4.78 is 10.7. The number of carbonyl (C=O) groups excluding carboxylic acids is 3. The van der Waals surface area contributed by atoms with Gasteiger partial charge in [0.05, 0.1) is 11.6 Å². The minimum absolute atomic E-state index is 0.0598. The molecule has 132 valence electrons. The van der Waals surface area contributed by atoms with Crippen molar-refractivity contribution < 1.29 is 23.9 Å². The SMILES string of the molecule is CCOc1cc(C=C2C(=O)NC(=S)NC2=O)cc(Cl)c1OCC(N)=O. The van der Waals surface area contributed by atoms with Crippen LogP contribution in [-0.2, 0) is 14.4 Å². The fraction of sp³-hybridized carbons (Fsp3) is 0.200. The summed E-state index contributed by atoms with van der Waals surface area (Å²) in [4.78, 5) is 34.7. The Kier molecular flexibility index (Phi) is 5.94. The van der Waals surface area contributed by atoms with Gasteiger partial charge >= 0.3 is 0 Å². The minimum atomic E-state index is -0.670. The molecule has 0 atom stereocenters. The normalized spacial score (nSPS) is 13.8. The van der Waals surface area contributed by atoms with Crippen LogP contribution < -0.4 is 25.8 Å². The summed E-state index contributed by atoms with van der Waals surface area (Å²) in [5.74, 6) is -1.54. The van der Waals surface area contributed by atoms with Crippen LogP contribution in [0.4, 0.5) is 0 Å².